The molecule has 0 bridgehead atoms. The minimum absolute atomic E-state index is 0.171. The lowest BCUT2D eigenvalue weighted by molar-refractivity contribution is 0.154. The summed E-state index contributed by atoms with van der Waals surface area (Å²) in [6, 6.07) is 18.2. The molecule has 2 aromatic carbocycles. The summed E-state index contributed by atoms with van der Waals surface area (Å²) in [7, 11) is 0. The number of hydrogen-bond acceptors (Lipinski definition) is 3. The summed E-state index contributed by atoms with van der Waals surface area (Å²) < 4.78 is 7.59. The lowest BCUT2D eigenvalue weighted by Crippen LogP contribution is -2.17. The van der Waals surface area contributed by atoms with E-state index in [1.165, 1.54) is 6.07 Å². The van der Waals surface area contributed by atoms with E-state index in [-0.39, 0.29) is 5.43 Å². The SMILES string of the molecule is Cc1c(OCc2ccccc2)c(=O)ccn1C[C@H](O)c1ccc(Cl)cc1. The van der Waals surface area contributed by atoms with Gasteiger partial charge in [-0.2, -0.15) is 0 Å². The number of halogens is 1. The van der Waals surface area contributed by atoms with Crippen LogP contribution in [0.3, 0.4) is 0 Å². The van der Waals surface area contributed by atoms with E-state index in [0.29, 0.717) is 29.6 Å². The van der Waals surface area contributed by atoms with Gasteiger partial charge in [-0.3, -0.25) is 4.79 Å². The molecule has 0 spiro atoms. The van der Waals surface area contributed by atoms with Gasteiger partial charge in [0.15, 0.2) is 5.75 Å². The van der Waals surface area contributed by atoms with Crippen molar-refractivity contribution in [2.24, 2.45) is 0 Å². The Hall–Kier alpha value is -2.56. The molecule has 3 aromatic rings. The molecular weight excluding hydrogens is 350 g/mol. The van der Waals surface area contributed by atoms with Crippen LogP contribution in [-0.2, 0) is 13.2 Å². The van der Waals surface area contributed by atoms with Crippen molar-refractivity contribution in [2.75, 3.05) is 0 Å². The van der Waals surface area contributed by atoms with Crippen molar-refractivity contribution >= 4 is 11.6 Å². The van der Waals surface area contributed by atoms with Gasteiger partial charge in [-0.05, 0) is 30.2 Å². The van der Waals surface area contributed by atoms with Gasteiger partial charge in [-0.25, -0.2) is 0 Å². The number of nitrogens with zero attached hydrogens (tertiary/aromatic N) is 1. The number of hydrogen-bond donors (Lipinski definition) is 1. The van der Waals surface area contributed by atoms with Crippen molar-refractivity contribution in [1.82, 2.24) is 4.57 Å². The third-order valence-corrected chi connectivity index (χ3v) is 4.49. The molecule has 4 nitrogen and oxygen atoms in total. The topological polar surface area (TPSA) is 51.5 Å². The molecule has 0 aliphatic carbocycles. The highest BCUT2D eigenvalue weighted by Gasteiger charge is 2.13. The van der Waals surface area contributed by atoms with Crippen LogP contribution >= 0.6 is 11.6 Å². The summed E-state index contributed by atoms with van der Waals surface area (Å²) in [4.78, 5) is 12.2. The molecular formula is C21H20ClNO3. The van der Waals surface area contributed by atoms with Gasteiger partial charge in [0.25, 0.3) is 0 Å². The second-order valence-corrected chi connectivity index (χ2v) is 6.52. The van der Waals surface area contributed by atoms with Crippen LogP contribution in [0.15, 0.2) is 71.7 Å². The molecule has 26 heavy (non-hydrogen) atoms. The van der Waals surface area contributed by atoms with Crippen molar-refractivity contribution in [3.63, 3.8) is 0 Å². The molecule has 3 rings (SSSR count). The quantitative estimate of drug-likeness (QED) is 0.711. The van der Waals surface area contributed by atoms with Crippen LogP contribution in [0.4, 0.5) is 0 Å². The molecule has 1 aromatic heterocycles. The predicted octanol–water partition coefficient (Wildman–Crippen LogP) is 4.12. The van der Waals surface area contributed by atoms with Crippen molar-refractivity contribution in [3.05, 3.63) is 98.9 Å². The van der Waals surface area contributed by atoms with E-state index in [9.17, 15) is 9.90 Å². The van der Waals surface area contributed by atoms with E-state index < -0.39 is 6.10 Å². The second kappa shape index (κ2) is 8.21. The van der Waals surface area contributed by atoms with Crippen LogP contribution in [0.2, 0.25) is 5.02 Å². The average Bonchev–Trinajstić information content (AvgIpc) is 2.65. The molecule has 0 saturated carbocycles. The Morgan fingerprint density at radius 3 is 2.46 bits per heavy atom. The first kappa shape index (κ1) is 18.2. The van der Waals surface area contributed by atoms with Gasteiger partial charge in [0.05, 0.1) is 18.3 Å². The fourth-order valence-corrected chi connectivity index (χ4v) is 2.86. The van der Waals surface area contributed by atoms with Gasteiger partial charge in [-0.1, -0.05) is 54.1 Å². The summed E-state index contributed by atoms with van der Waals surface area (Å²) in [5.41, 5.74) is 2.26. The fourth-order valence-electron chi connectivity index (χ4n) is 2.73. The molecule has 0 radical (unpaired) electrons. The molecule has 0 amide bonds. The number of aromatic nitrogens is 1. The number of pyridine rings is 1. The Bertz CT molecular complexity index is 920. The van der Waals surface area contributed by atoms with Crippen LogP contribution in [0.1, 0.15) is 22.9 Å². The maximum absolute atomic E-state index is 12.2. The third-order valence-electron chi connectivity index (χ3n) is 4.24. The molecule has 1 atom stereocenters. The second-order valence-electron chi connectivity index (χ2n) is 6.09. The first-order valence-electron chi connectivity index (χ1n) is 8.35. The number of aliphatic hydroxyl groups is 1. The van der Waals surface area contributed by atoms with Crippen LogP contribution in [0.25, 0.3) is 0 Å². The summed E-state index contributed by atoms with van der Waals surface area (Å²) in [5.74, 6) is 0.305. The van der Waals surface area contributed by atoms with Crippen LogP contribution in [0.5, 0.6) is 5.75 Å². The van der Waals surface area contributed by atoms with E-state index in [1.54, 1.807) is 30.5 Å². The zero-order valence-corrected chi connectivity index (χ0v) is 15.2. The number of rotatable bonds is 6. The molecule has 134 valence electrons. The Kier molecular flexibility index (Phi) is 5.76. The highest BCUT2D eigenvalue weighted by molar-refractivity contribution is 6.30. The number of ether oxygens (including phenoxy) is 1. The summed E-state index contributed by atoms with van der Waals surface area (Å²) in [5, 5.41) is 11.1. The Labute approximate surface area is 157 Å². The molecule has 1 N–H and O–H groups in total. The van der Waals surface area contributed by atoms with Crippen LogP contribution < -0.4 is 10.2 Å². The Morgan fingerprint density at radius 1 is 1.08 bits per heavy atom. The summed E-state index contributed by atoms with van der Waals surface area (Å²) in [6.45, 7) is 2.45. The molecule has 0 unspecified atom stereocenters. The standard InChI is InChI=1S/C21H20ClNO3/c1-15-21(26-14-16-5-3-2-4-6-16)19(24)11-12-23(15)13-20(25)17-7-9-18(22)10-8-17/h2-12,20,25H,13-14H2,1H3/t20-/m0/s1. The smallest absolute Gasteiger partial charge is 0.223 e. The Morgan fingerprint density at radius 2 is 1.77 bits per heavy atom. The summed E-state index contributed by atoms with van der Waals surface area (Å²) >= 11 is 5.89. The first-order chi connectivity index (χ1) is 12.5. The van der Waals surface area contributed by atoms with Crippen LogP contribution in [-0.4, -0.2) is 9.67 Å². The van der Waals surface area contributed by atoms with Gasteiger partial charge in [0.2, 0.25) is 5.43 Å². The maximum atomic E-state index is 12.2. The van der Waals surface area contributed by atoms with Gasteiger partial charge in [0.1, 0.15) is 6.61 Å². The van der Waals surface area contributed by atoms with E-state index in [1.807, 2.05) is 41.8 Å². The normalized spacial score (nSPS) is 12.0. The van der Waals surface area contributed by atoms with Gasteiger partial charge >= 0.3 is 0 Å². The summed E-state index contributed by atoms with van der Waals surface area (Å²) in [6.07, 6.45) is 0.960. The molecule has 5 heteroatoms. The highest BCUT2D eigenvalue weighted by atomic mass is 35.5. The lowest BCUT2D eigenvalue weighted by Gasteiger charge is -2.18. The molecule has 0 aliphatic heterocycles. The van der Waals surface area contributed by atoms with E-state index in [0.717, 1.165) is 11.1 Å². The maximum Gasteiger partial charge on any atom is 0.223 e. The number of benzene rings is 2. The average molecular weight is 370 g/mol. The fraction of sp³-hybridized carbons (Fsp3) is 0.190. The minimum atomic E-state index is -0.713. The first-order valence-corrected chi connectivity index (χ1v) is 8.72. The van der Waals surface area contributed by atoms with Crippen LogP contribution in [0, 0.1) is 6.92 Å². The van der Waals surface area contributed by atoms with Gasteiger partial charge in [-0.15, -0.1) is 0 Å². The molecule has 0 fully saturated rings. The Balaban J connectivity index is 1.78. The highest BCUT2D eigenvalue weighted by Crippen LogP contribution is 2.21. The van der Waals surface area contributed by atoms with Crippen molar-refractivity contribution in [3.8, 4) is 5.75 Å². The van der Waals surface area contributed by atoms with Gasteiger partial charge in [0, 0.05) is 17.3 Å². The third kappa shape index (κ3) is 4.34. The number of aliphatic hydroxyl groups excluding tert-OH is 1. The molecule has 0 saturated heterocycles. The van der Waals surface area contributed by atoms with Gasteiger partial charge < -0.3 is 14.4 Å². The zero-order valence-electron chi connectivity index (χ0n) is 14.4. The zero-order chi connectivity index (χ0) is 18.5. The monoisotopic (exact) mass is 369 g/mol. The van der Waals surface area contributed by atoms with E-state index >= 15 is 0 Å². The van der Waals surface area contributed by atoms with Crippen molar-refractivity contribution < 1.29 is 9.84 Å². The van der Waals surface area contributed by atoms with Crippen molar-refractivity contribution in [2.45, 2.75) is 26.2 Å². The van der Waals surface area contributed by atoms with E-state index in [2.05, 4.69) is 0 Å². The lowest BCUT2D eigenvalue weighted by atomic mass is 10.1. The van der Waals surface area contributed by atoms with E-state index in [4.69, 9.17) is 16.3 Å². The van der Waals surface area contributed by atoms with Crippen molar-refractivity contribution in [1.29, 1.82) is 0 Å². The molecule has 1 heterocycles. The molecule has 0 aliphatic rings. The minimum Gasteiger partial charge on any atom is -0.483 e. The predicted molar refractivity (Wildman–Crippen MR) is 103 cm³/mol. The largest absolute Gasteiger partial charge is 0.483 e.